The molecule has 1 saturated heterocycles. The van der Waals surface area contributed by atoms with Crippen molar-refractivity contribution < 1.29 is 21.2 Å². The van der Waals surface area contributed by atoms with Gasteiger partial charge >= 0.3 is 67.7 Å². The van der Waals surface area contributed by atoms with Crippen molar-refractivity contribution in [1.82, 2.24) is 5.32 Å². The Kier molecular flexibility index (Phi) is 1.81. The van der Waals surface area contributed by atoms with Crippen molar-refractivity contribution in [2.24, 2.45) is 0 Å². The van der Waals surface area contributed by atoms with Gasteiger partial charge in [0.2, 0.25) is 0 Å². The van der Waals surface area contributed by atoms with Crippen LogP contribution in [0.15, 0.2) is 0 Å². The first-order chi connectivity index (χ1) is 4.08. The van der Waals surface area contributed by atoms with E-state index in [-0.39, 0.29) is 0 Å². The standard InChI is InChI=1S/C7H15IN/c1-5-6(2)7(3,8-4)9-6/h9H,5H2,1-4H3/q-1. The van der Waals surface area contributed by atoms with Gasteiger partial charge in [-0.3, -0.25) is 0 Å². The molecule has 1 N–H and O–H groups in total. The Hall–Kier alpha value is 0.690. The zero-order valence-electron chi connectivity index (χ0n) is 6.59. The van der Waals surface area contributed by atoms with Crippen LogP contribution in [-0.2, 0) is 0 Å². The number of halogens is 1. The van der Waals surface area contributed by atoms with Crippen molar-refractivity contribution >= 4 is 0 Å². The number of hydrogen-bond donors (Lipinski definition) is 1. The van der Waals surface area contributed by atoms with Crippen LogP contribution in [-0.4, -0.2) is 14.0 Å². The number of alkyl halides is 2. The van der Waals surface area contributed by atoms with Crippen LogP contribution in [0.2, 0.25) is 0 Å². The summed E-state index contributed by atoms with van der Waals surface area (Å²) in [6.07, 6.45) is 1.27. The molecular weight excluding hydrogens is 225 g/mol. The zero-order chi connectivity index (χ0) is 7.12. The number of hydrogen-bond acceptors (Lipinski definition) is 1. The quantitative estimate of drug-likeness (QED) is 0.261. The van der Waals surface area contributed by atoms with Gasteiger partial charge in [-0.1, -0.05) is 0 Å². The van der Waals surface area contributed by atoms with E-state index >= 15 is 0 Å². The molecule has 0 radical (unpaired) electrons. The van der Waals surface area contributed by atoms with Crippen LogP contribution in [0.3, 0.4) is 0 Å². The van der Waals surface area contributed by atoms with Gasteiger partial charge in [0.05, 0.1) is 0 Å². The van der Waals surface area contributed by atoms with E-state index in [1.165, 1.54) is 6.42 Å². The fraction of sp³-hybridized carbons (Fsp3) is 1.00. The third kappa shape index (κ3) is 1.00. The zero-order valence-corrected chi connectivity index (χ0v) is 8.74. The van der Waals surface area contributed by atoms with E-state index in [1.807, 2.05) is 0 Å². The molecular formula is C7H15IN-. The molecule has 1 heterocycles. The molecule has 2 atom stereocenters. The normalized spacial score (nSPS) is 49.8. The summed E-state index contributed by atoms with van der Waals surface area (Å²) in [7, 11) is 0. The molecule has 1 nitrogen and oxygen atoms in total. The minimum atomic E-state index is 0.368. The topological polar surface area (TPSA) is 21.9 Å². The third-order valence-corrected chi connectivity index (χ3v) is 6.19. The second-order valence-corrected chi connectivity index (χ2v) is 6.24. The van der Waals surface area contributed by atoms with Crippen LogP contribution < -0.4 is 26.5 Å². The first-order valence-electron chi connectivity index (χ1n) is 3.38. The summed E-state index contributed by atoms with van der Waals surface area (Å²) in [5, 5.41) is 3.57. The molecule has 0 spiro atoms. The van der Waals surface area contributed by atoms with Crippen molar-refractivity contribution in [2.75, 3.05) is 4.93 Å². The van der Waals surface area contributed by atoms with Gasteiger partial charge in [-0.2, -0.15) is 0 Å². The van der Waals surface area contributed by atoms with Crippen LogP contribution in [0.1, 0.15) is 27.2 Å². The number of rotatable bonds is 2. The first kappa shape index (κ1) is 7.79. The van der Waals surface area contributed by atoms with Crippen molar-refractivity contribution in [3.8, 4) is 0 Å². The average Bonchev–Trinajstić information content (AvgIpc) is 2.39. The summed E-state index contributed by atoms with van der Waals surface area (Å²) < 4.78 is 0.556. The van der Waals surface area contributed by atoms with Gasteiger partial charge in [0.25, 0.3) is 0 Å². The van der Waals surface area contributed by atoms with Crippen molar-refractivity contribution in [3.05, 3.63) is 0 Å². The summed E-state index contributed by atoms with van der Waals surface area (Å²) in [5.41, 5.74) is 0.495. The predicted molar refractivity (Wildman–Crippen MR) is 36.2 cm³/mol. The molecule has 0 amide bonds. The Morgan fingerprint density at radius 2 is 2.00 bits per heavy atom. The third-order valence-electron chi connectivity index (χ3n) is 2.57. The molecule has 0 saturated carbocycles. The fourth-order valence-corrected chi connectivity index (χ4v) is 3.60. The van der Waals surface area contributed by atoms with E-state index in [2.05, 4.69) is 31.0 Å². The molecule has 1 aliphatic rings. The summed E-state index contributed by atoms with van der Waals surface area (Å²) >= 11 is 0.368. The van der Waals surface area contributed by atoms with Gasteiger partial charge in [-0.05, 0) is 0 Å². The maximum atomic E-state index is 3.57. The Bertz CT molecular complexity index is 112. The summed E-state index contributed by atoms with van der Waals surface area (Å²) in [5.74, 6) is 0. The van der Waals surface area contributed by atoms with E-state index in [0.717, 1.165) is 0 Å². The van der Waals surface area contributed by atoms with E-state index in [9.17, 15) is 0 Å². The van der Waals surface area contributed by atoms with Gasteiger partial charge in [0, 0.05) is 0 Å². The minimum absolute atomic E-state index is 0.368. The van der Waals surface area contributed by atoms with Crippen LogP contribution in [0.5, 0.6) is 0 Å². The molecule has 1 rings (SSSR count). The molecule has 0 aromatic rings. The van der Waals surface area contributed by atoms with Gasteiger partial charge in [0.1, 0.15) is 0 Å². The van der Waals surface area contributed by atoms with Crippen LogP contribution in [0.4, 0.5) is 0 Å². The monoisotopic (exact) mass is 240 g/mol. The van der Waals surface area contributed by atoms with Gasteiger partial charge in [0.15, 0.2) is 0 Å². The molecule has 0 aliphatic carbocycles. The Morgan fingerprint density at radius 1 is 1.44 bits per heavy atom. The predicted octanol–water partition coefficient (Wildman–Crippen LogP) is -1.81. The molecule has 0 aromatic heterocycles. The molecule has 56 valence electrons. The Labute approximate surface area is 67.9 Å². The first-order valence-corrected chi connectivity index (χ1v) is 6.61. The number of nitrogens with one attached hydrogen (secondary N) is 1. The van der Waals surface area contributed by atoms with E-state index < -0.39 is 0 Å². The summed E-state index contributed by atoms with van der Waals surface area (Å²) in [6, 6.07) is 0. The Balaban J connectivity index is 2.54. The summed E-state index contributed by atoms with van der Waals surface area (Å²) in [4.78, 5) is 2.35. The van der Waals surface area contributed by atoms with Crippen LogP contribution in [0.25, 0.3) is 0 Å². The average molecular weight is 240 g/mol. The second-order valence-electron chi connectivity index (χ2n) is 3.00. The van der Waals surface area contributed by atoms with Gasteiger partial charge < -0.3 is 0 Å². The van der Waals surface area contributed by atoms with E-state index in [4.69, 9.17) is 0 Å². The Morgan fingerprint density at radius 3 is 2.11 bits per heavy atom. The van der Waals surface area contributed by atoms with Crippen molar-refractivity contribution in [2.45, 2.75) is 36.3 Å². The molecule has 0 bridgehead atoms. The fourth-order valence-electron chi connectivity index (χ4n) is 1.16. The molecule has 0 aromatic carbocycles. The molecule has 2 heteroatoms. The van der Waals surface area contributed by atoms with Crippen LogP contribution >= 0.6 is 0 Å². The maximum absolute atomic E-state index is 3.57. The molecule has 2 unspecified atom stereocenters. The van der Waals surface area contributed by atoms with Gasteiger partial charge in [-0.25, -0.2) is 0 Å². The molecule has 1 fully saturated rings. The van der Waals surface area contributed by atoms with Crippen LogP contribution in [0, 0.1) is 0 Å². The molecule has 1 aliphatic heterocycles. The van der Waals surface area contributed by atoms with Crippen molar-refractivity contribution in [3.63, 3.8) is 0 Å². The van der Waals surface area contributed by atoms with Crippen molar-refractivity contribution in [1.29, 1.82) is 0 Å². The van der Waals surface area contributed by atoms with E-state index in [0.29, 0.717) is 30.3 Å². The van der Waals surface area contributed by atoms with Gasteiger partial charge in [-0.15, -0.1) is 0 Å². The van der Waals surface area contributed by atoms with E-state index in [1.54, 1.807) is 0 Å². The second kappa shape index (κ2) is 2.09. The summed E-state index contributed by atoms with van der Waals surface area (Å²) in [6.45, 7) is 6.94. The SMILES string of the molecule is CCC1(C)NC1(C)[I-]C. The molecule has 9 heavy (non-hydrogen) atoms.